The lowest BCUT2D eigenvalue weighted by Crippen LogP contribution is -2.32. The van der Waals surface area contributed by atoms with E-state index in [-0.39, 0.29) is 12.1 Å². The smallest absolute Gasteiger partial charge is 0.261 e. The van der Waals surface area contributed by atoms with Gasteiger partial charge in [0.15, 0.2) is 0 Å². The highest BCUT2D eigenvalue weighted by molar-refractivity contribution is 6.10. The average Bonchev–Trinajstić information content (AvgIpc) is 2.96. The van der Waals surface area contributed by atoms with Crippen molar-refractivity contribution in [3.8, 4) is 5.75 Å². The first-order valence-electron chi connectivity index (χ1n) is 8.61. The van der Waals surface area contributed by atoms with Crippen LogP contribution in [0.25, 0.3) is 0 Å². The predicted molar refractivity (Wildman–Crippen MR) is 101 cm³/mol. The first kappa shape index (κ1) is 16.1. The molecule has 3 aromatic rings. The van der Waals surface area contributed by atoms with Gasteiger partial charge in [-0.1, -0.05) is 24.3 Å². The van der Waals surface area contributed by atoms with Crippen molar-refractivity contribution >= 4 is 17.4 Å². The number of carbonyl (C=O) groups is 1. The van der Waals surface area contributed by atoms with E-state index in [4.69, 9.17) is 4.74 Å². The van der Waals surface area contributed by atoms with Gasteiger partial charge in [0.1, 0.15) is 17.7 Å². The molecule has 1 amide bonds. The number of benzene rings is 2. The summed E-state index contributed by atoms with van der Waals surface area (Å²) in [6.07, 6.45) is 1.38. The van der Waals surface area contributed by atoms with Crippen molar-refractivity contribution in [3.63, 3.8) is 0 Å². The minimum Gasteiger partial charge on any atom is -0.494 e. The molecule has 2 aromatic carbocycles. The lowest BCUT2D eigenvalue weighted by Gasteiger charge is -2.26. The molecule has 1 aromatic heterocycles. The number of hydrogen-bond acceptors (Lipinski definition) is 4. The first-order valence-corrected chi connectivity index (χ1v) is 8.61. The first-order chi connectivity index (χ1) is 12.8. The minimum absolute atomic E-state index is 0.0530. The number of nitrogens with zero attached hydrogens (tertiary/aromatic N) is 2. The third kappa shape index (κ3) is 2.88. The average molecular weight is 345 g/mol. The normalized spacial score (nSPS) is 15.7. The van der Waals surface area contributed by atoms with Crippen LogP contribution in [0.5, 0.6) is 5.75 Å². The maximum Gasteiger partial charge on any atom is 0.261 e. The SMILES string of the molecule is CCOc1ccc(N[C@@H]2c3ccccc3C(=O)N2c2ccccn2)cc1. The Labute approximate surface area is 152 Å². The number of ether oxygens (including phenoxy) is 1. The van der Waals surface area contributed by atoms with Crippen molar-refractivity contribution in [1.82, 2.24) is 4.98 Å². The Hall–Kier alpha value is -3.34. The van der Waals surface area contributed by atoms with E-state index < -0.39 is 0 Å². The third-order valence-corrected chi connectivity index (χ3v) is 4.33. The highest BCUT2D eigenvalue weighted by atomic mass is 16.5. The van der Waals surface area contributed by atoms with Gasteiger partial charge in [-0.25, -0.2) is 4.98 Å². The fourth-order valence-electron chi connectivity index (χ4n) is 3.16. The van der Waals surface area contributed by atoms with Crippen molar-refractivity contribution < 1.29 is 9.53 Å². The van der Waals surface area contributed by atoms with Gasteiger partial charge >= 0.3 is 0 Å². The molecule has 0 bridgehead atoms. The molecule has 2 heterocycles. The van der Waals surface area contributed by atoms with Crippen LogP contribution in [0.2, 0.25) is 0 Å². The fraction of sp³-hybridized carbons (Fsp3) is 0.143. The summed E-state index contributed by atoms with van der Waals surface area (Å²) in [5, 5.41) is 3.45. The van der Waals surface area contributed by atoms with Gasteiger partial charge in [0, 0.05) is 23.0 Å². The zero-order valence-corrected chi connectivity index (χ0v) is 14.4. The molecule has 0 unspecified atom stereocenters. The molecule has 1 aliphatic rings. The van der Waals surface area contributed by atoms with Crippen LogP contribution < -0.4 is 15.0 Å². The van der Waals surface area contributed by atoms with Crippen LogP contribution in [0.3, 0.4) is 0 Å². The lowest BCUT2D eigenvalue weighted by atomic mass is 10.1. The second kappa shape index (κ2) is 6.88. The number of fused-ring (bicyclic) bond motifs is 1. The number of carbonyl (C=O) groups excluding carboxylic acids is 1. The quantitative estimate of drug-likeness (QED) is 0.751. The summed E-state index contributed by atoms with van der Waals surface area (Å²) in [5.41, 5.74) is 2.54. The van der Waals surface area contributed by atoms with Crippen molar-refractivity contribution in [2.45, 2.75) is 13.1 Å². The van der Waals surface area contributed by atoms with Crippen molar-refractivity contribution in [1.29, 1.82) is 0 Å². The van der Waals surface area contributed by atoms with Crippen LogP contribution in [-0.4, -0.2) is 17.5 Å². The molecular formula is C21H19N3O2. The van der Waals surface area contributed by atoms with Gasteiger partial charge in [0.25, 0.3) is 5.91 Å². The summed E-state index contributed by atoms with van der Waals surface area (Å²) < 4.78 is 5.49. The molecule has 0 radical (unpaired) electrons. The topological polar surface area (TPSA) is 54.5 Å². The van der Waals surface area contributed by atoms with E-state index in [2.05, 4.69) is 10.3 Å². The van der Waals surface area contributed by atoms with Gasteiger partial charge < -0.3 is 10.1 Å². The van der Waals surface area contributed by atoms with Crippen LogP contribution in [0.4, 0.5) is 11.5 Å². The molecule has 130 valence electrons. The minimum atomic E-state index is -0.313. The standard InChI is InChI=1S/C21H19N3O2/c1-2-26-16-12-10-15(11-13-16)23-20-17-7-3-4-8-18(17)21(25)24(20)19-9-5-6-14-22-19/h3-14,20,23H,2H2,1H3/t20-/m0/s1. The van der Waals surface area contributed by atoms with E-state index >= 15 is 0 Å². The monoisotopic (exact) mass is 345 g/mol. The summed E-state index contributed by atoms with van der Waals surface area (Å²) in [6.45, 7) is 2.59. The van der Waals surface area contributed by atoms with E-state index in [0.717, 1.165) is 17.0 Å². The van der Waals surface area contributed by atoms with E-state index in [1.807, 2.05) is 73.7 Å². The van der Waals surface area contributed by atoms with Crippen molar-refractivity contribution in [2.75, 3.05) is 16.8 Å². The van der Waals surface area contributed by atoms with Crippen molar-refractivity contribution in [2.24, 2.45) is 0 Å². The molecule has 0 aliphatic carbocycles. The Morgan fingerprint density at radius 3 is 2.54 bits per heavy atom. The Balaban J connectivity index is 1.69. The van der Waals surface area contributed by atoms with E-state index in [9.17, 15) is 4.79 Å². The largest absolute Gasteiger partial charge is 0.494 e. The molecule has 26 heavy (non-hydrogen) atoms. The Kier molecular flexibility index (Phi) is 4.27. The van der Waals surface area contributed by atoms with Gasteiger partial charge in [-0.2, -0.15) is 0 Å². The molecule has 5 nitrogen and oxygen atoms in total. The number of aromatic nitrogens is 1. The van der Waals surface area contributed by atoms with Crippen LogP contribution >= 0.6 is 0 Å². The van der Waals surface area contributed by atoms with Gasteiger partial charge in [0.05, 0.1) is 6.61 Å². The van der Waals surface area contributed by atoms with Gasteiger partial charge in [-0.3, -0.25) is 9.69 Å². The second-order valence-electron chi connectivity index (χ2n) is 5.95. The third-order valence-electron chi connectivity index (χ3n) is 4.33. The van der Waals surface area contributed by atoms with Crippen LogP contribution in [0.15, 0.2) is 72.9 Å². The highest BCUT2D eigenvalue weighted by Crippen LogP contribution is 2.37. The molecule has 1 atom stereocenters. The molecular weight excluding hydrogens is 326 g/mol. The van der Waals surface area contributed by atoms with Crippen molar-refractivity contribution in [3.05, 3.63) is 84.1 Å². The number of pyridine rings is 1. The van der Waals surface area contributed by atoms with E-state index in [0.29, 0.717) is 18.0 Å². The van der Waals surface area contributed by atoms with Crippen LogP contribution in [0.1, 0.15) is 29.0 Å². The zero-order valence-electron chi connectivity index (χ0n) is 14.4. The van der Waals surface area contributed by atoms with Gasteiger partial charge in [-0.05, 0) is 49.4 Å². The van der Waals surface area contributed by atoms with Crippen LogP contribution in [0, 0.1) is 0 Å². The van der Waals surface area contributed by atoms with Gasteiger partial charge in [0.2, 0.25) is 0 Å². The number of rotatable bonds is 5. The Bertz CT molecular complexity index is 910. The molecule has 4 rings (SSSR count). The number of anilines is 2. The summed E-state index contributed by atoms with van der Waals surface area (Å²) in [5.74, 6) is 1.39. The number of nitrogens with one attached hydrogen (secondary N) is 1. The summed E-state index contributed by atoms with van der Waals surface area (Å²) in [4.78, 5) is 19.0. The molecule has 1 aliphatic heterocycles. The van der Waals surface area contributed by atoms with Gasteiger partial charge in [-0.15, -0.1) is 0 Å². The predicted octanol–water partition coefficient (Wildman–Crippen LogP) is 4.25. The molecule has 0 spiro atoms. The number of hydrogen-bond donors (Lipinski definition) is 1. The molecule has 1 N–H and O–H groups in total. The Morgan fingerprint density at radius 2 is 1.81 bits per heavy atom. The zero-order chi connectivity index (χ0) is 17.9. The van der Waals surface area contributed by atoms with Crippen LogP contribution in [-0.2, 0) is 0 Å². The molecule has 0 fully saturated rings. The van der Waals surface area contributed by atoms with E-state index in [1.165, 1.54) is 0 Å². The Morgan fingerprint density at radius 1 is 1.04 bits per heavy atom. The van der Waals surface area contributed by atoms with E-state index in [1.54, 1.807) is 11.1 Å². The lowest BCUT2D eigenvalue weighted by molar-refractivity contribution is 0.0992. The summed E-state index contributed by atoms with van der Waals surface area (Å²) in [6, 6.07) is 21.0. The summed E-state index contributed by atoms with van der Waals surface area (Å²) in [7, 11) is 0. The number of amides is 1. The summed E-state index contributed by atoms with van der Waals surface area (Å²) >= 11 is 0. The molecule has 0 saturated heterocycles. The maximum atomic E-state index is 13.0. The molecule has 0 saturated carbocycles. The highest BCUT2D eigenvalue weighted by Gasteiger charge is 2.38. The molecule has 5 heteroatoms. The fourth-order valence-corrected chi connectivity index (χ4v) is 3.16. The second-order valence-corrected chi connectivity index (χ2v) is 5.95. The maximum absolute atomic E-state index is 13.0.